The molecule has 126 valence electrons. The average molecular weight is 325 g/mol. The van der Waals surface area contributed by atoms with Gasteiger partial charge in [-0.1, -0.05) is 54.6 Å². The van der Waals surface area contributed by atoms with E-state index < -0.39 is 0 Å². The van der Waals surface area contributed by atoms with E-state index in [2.05, 4.69) is 41.3 Å². The van der Waals surface area contributed by atoms with E-state index in [4.69, 9.17) is 9.47 Å². The maximum Gasteiger partial charge on any atom is 0.306 e. The Hall–Kier alpha value is -2.17. The van der Waals surface area contributed by atoms with E-state index in [0.717, 1.165) is 13.1 Å². The highest BCUT2D eigenvalue weighted by Crippen LogP contribution is 2.30. The molecule has 1 atom stereocenters. The van der Waals surface area contributed by atoms with Crippen LogP contribution in [-0.4, -0.2) is 37.7 Å². The number of hydrogen-bond acceptors (Lipinski definition) is 4. The predicted octanol–water partition coefficient (Wildman–Crippen LogP) is 3.17. The molecule has 2 aromatic rings. The molecule has 0 aliphatic carbocycles. The molecule has 1 unspecified atom stereocenters. The van der Waals surface area contributed by atoms with Crippen molar-refractivity contribution in [1.29, 1.82) is 0 Å². The normalized spacial score (nSPS) is 18.3. The summed E-state index contributed by atoms with van der Waals surface area (Å²) in [4.78, 5) is 13.7. The van der Waals surface area contributed by atoms with E-state index in [0.29, 0.717) is 19.6 Å². The standard InChI is InChI=1S/C20H23NO3/c1-23-19(22)11-12-21-13-14-24-20(16-7-3-2-4-8-16)18-10-6-5-9-17(18)15-21/h2-10,20H,11-15H2,1H3. The van der Waals surface area contributed by atoms with Crippen LogP contribution in [0.15, 0.2) is 54.6 Å². The molecule has 4 nitrogen and oxygen atoms in total. The maximum absolute atomic E-state index is 11.4. The molecule has 0 aromatic heterocycles. The molecule has 0 bridgehead atoms. The fourth-order valence-corrected chi connectivity index (χ4v) is 3.09. The second kappa shape index (κ2) is 8.08. The van der Waals surface area contributed by atoms with E-state index in [1.165, 1.54) is 23.8 Å². The van der Waals surface area contributed by atoms with Gasteiger partial charge in [0.2, 0.25) is 0 Å². The molecule has 4 heteroatoms. The van der Waals surface area contributed by atoms with Crippen LogP contribution in [-0.2, 0) is 20.8 Å². The molecule has 1 aliphatic heterocycles. The molecule has 0 amide bonds. The third-order valence-electron chi connectivity index (χ3n) is 4.39. The first-order valence-electron chi connectivity index (χ1n) is 8.31. The van der Waals surface area contributed by atoms with Crippen molar-refractivity contribution in [1.82, 2.24) is 4.90 Å². The minimum absolute atomic E-state index is 0.0369. The van der Waals surface area contributed by atoms with Crippen LogP contribution in [0.2, 0.25) is 0 Å². The lowest BCUT2D eigenvalue weighted by molar-refractivity contribution is -0.141. The first-order chi connectivity index (χ1) is 11.8. The number of rotatable bonds is 4. The van der Waals surface area contributed by atoms with Crippen molar-refractivity contribution in [3.63, 3.8) is 0 Å². The highest BCUT2D eigenvalue weighted by molar-refractivity contribution is 5.69. The molecule has 0 saturated carbocycles. The zero-order chi connectivity index (χ0) is 16.8. The molecule has 1 heterocycles. The summed E-state index contributed by atoms with van der Waals surface area (Å²) in [7, 11) is 1.43. The van der Waals surface area contributed by atoms with Crippen LogP contribution in [0.4, 0.5) is 0 Å². The third-order valence-corrected chi connectivity index (χ3v) is 4.39. The van der Waals surface area contributed by atoms with E-state index in [1.54, 1.807) is 0 Å². The summed E-state index contributed by atoms with van der Waals surface area (Å²) in [6, 6.07) is 18.7. The zero-order valence-corrected chi connectivity index (χ0v) is 14.0. The Labute approximate surface area is 143 Å². The Bertz CT molecular complexity index is 672. The molecule has 0 radical (unpaired) electrons. The Balaban J connectivity index is 1.82. The van der Waals surface area contributed by atoms with Crippen molar-refractivity contribution in [2.24, 2.45) is 0 Å². The van der Waals surface area contributed by atoms with Gasteiger partial charge in [0.1, 0.15) is 6.10 Å². The number of ether oxygens (including phenoxy) is 2. The Morgan fingerprint density at radius 1 is 1.17 bits per heavy atom. The van der Waals surface area contributed by atoms with Gasteiger partial charge in [-0.15, -0.1) is 0 Å². The van der Waals surface area contributed by atoms with Crippen LogP contribution in [0.1, 0.15) is 29.2 Å². The largest absolute Gasteiger partial charge is 0.469 e. The smallest absolute Gasteiger partial charge is 0.306 e. The van der Waals surface area contributed by atoms with Crippen molar-refractivity contribution < 1.29 is 14.3 Å². The van der Waals surface area contributed by atoms with Gasteiger partial charge in [0, 0.05) is 19.6 Å². The van der Waals surface area contributed by atoms with Crippen LogP contribution in [0.25, 0.3) is 0 Å². The van der Waals surface area contributed by atoms with Crippen LogP contribution in [0.3, 0.4) is 0 Å². The second-order valence-electron chi connectivity index (χ2n) is 5.96. The van der Waals surface area contributed by atoms with Crippen molar-refractivity contribution in [2.75, 3.05) is 26.8 Å². The second-order valence-corrected chi connectivity index (χ2v) is 5.96. The molecule has 24 heavy (non-hydrogen) atoms. The molecule has 1 aliphatic rings. The summed E-state index contributed by atoms with van der Waals surface area (Å²) in [5, 5.41) is 0. The summed E-state index contributed by atoms with van der Waals surface area (Å²) < 4.78 is 10.9. The lowest BCUT2D eigenvalue weighted by atomic mass is 9.95. The number of esters is 1. The van der Waals surface area contributed by atoms with Crippen molar-refractivity contribution in [3.8, 4) is 0 Å². The van der Waals surface area contributed by atoms with Crippen molar-refractivity contribution in [2.45, 2.75) is 19.1 Å². The van der Waals surface area contributed by atoms with Gasteiger partial charge in [-0.05, 0) is 16.7 Å². The summed E-state index contributed by atoms with van der Waals surface area (Å²) in [5.41, 5.74) is 3.62. The molecule has 2 aromatic carbocycles. The number of hydrogen-bond donors (Lipinski definition) is 0. The number of carbonyl (C=O) groups is 1. The minimum atomic E-state index is -0.173. The number of methoxy groups -OCH3 is 1. The van der Waals surface area contributed by atoms with Crippen molar-refractivity contribution in [3.05, 3.63) is 71.3 Å². The number of nitrogens with zero attached hydrogens (tertiary/aromatic N) is 1. The summed E-state index contributed by atoms with van der Waals surface area (Å²) in [6.07, 6.45) is 0.367. The Morgan fingerprint density at radius 2 is 1.92 bits per heavy atom. The summed E-state index contributed by atoms with van der Waals surface area (Å²) >= 11 is 0. The number of benzene rings is 2. The van der Waals surface area contributed by atoms with Gasteiger partial charge in [-0.25, -0.2) is 0 Å². The van der Waals surface area contributed by atoms with E-state index in [9.17, 15) is 4.79 Å². The van der Waals surface area contributed by atoms with Crippen LogP contribution in [0, 0.1) is 0 Å². The van der Waals surface area contributed by atoms with Gasteiger partial charge < -0.3 is 9.47 Å². The topological polar surface area (TPSA) is 38.8 Å². The third kappa shape index (κ3) is 4.02. The van der Waals surface area contributed by atoms with Gasteiger partial charge in [0.05, 0.1) is 20.1 Å². The highest BCUT2D eigenvalue weighted by atomic mass is 16.5. The van der Waals surface area contributed by atoms with Gasteiger partial charge in [0.15, 0.2) is 0 Å². The highest BCUT2D eigenvalue weighted by Gasteiger charge is 2.22. The van der Waals surface area contributed by atoms with Gasteiger partial charge >= 0.3 is 5.97 Å². The molecule has 0 saturated heterocycles. The summed E-state index contributed by atoms with van der Waals surface area (Å²) in [6.45, 7) is 2.93. The monoisotopic (exact) mass is 325 g/mol. The van der Waals surface area contributed by atoms with Gasteiger partial charge in [-0.3, -0.25) is 9.69 Å². The number of carbonyl (C=O) groups excluding carboxylic acids is 1. The molecule has 0 N–H and O–H groups in total. The zero-order valence-electron chi connectivity index (χ0n) is 14.0. The fourth-order valence-electron chi connectivity index (χ4n) is 3.09. The lowest BCUT2D eigenvalue weighted by Gasteiger charge is -2.30. The van der Waals surface area contributed by atoms with Gasteiger partial charge in [-0.2, -0.15) is 0 Å². The van der Waals surface area contributed by atoms with E-state index >= 15 is 0 Å². The molecular formula is C20H23NO3. The van der Waals surface area contributed by atoms with Gasteiger partial charge in [0.25, 0.3) is 0 Å². The molecule has 0 spiro atoms. The SMILES string of the molecule is COC(=O)CCN1CCOC(c2ccccc2)c2ccccc2C1. The summed E-state index contributed by atoms with van der Waals surface area (Å²) in [5.74, 6) is -0.173. The molecular weight excluding hydrogens is 302 g/mol. The van der Waals surface area contributed by atoms with E-state index in [1.807, 2.05) is 18.2 Å². The van der Waals surface area contributed by atoms with Crippen molar-refractivity contribution >= 4 is 5.97 Å². The predicted molar refractivity (Wildman–Crippen MR) is 92.6 cm³/mol. The van der Waals surface area contributed by atoms with Crippen LogP contribution < -0.4 is 0 Å². The first kappa shape index (κ1) is 16.7. The molecule has 3 rings (SSSR count). The first-order valence-corrected chi connectivity index (χ1v) is 8.31. The molecule has 0 fully saturated rings. The Kier molecular flexibility index (Phi) is 5.62. The fraction of sp³-hybridized carbons (Fsp3) is 0.350. The maximum atomic E-state index is 11.4. The van der Waals surface area contributed by atoms with Crippen LogP contribution >= 0.6 is 0 Å². The van der Waals surface area contributed by atoms with Crippen LogP contribution in [0.5, 0.6) is 0 Å². The minimum Gasteiger partial charge on any atom is -0.469 e. The van der Waals surface area contributed by atoms with E-state index in [-0.39, 0.29) is 12.1 Å². The Morgan fingerprint density at radius 3 is 2.71 bits per heavy atom. The average Bonchev–Trinajstić information content (AvgIpc) is 2.62. The quantitative estimate of drug-likeness (QED) is 0.810. The lowest BCUT2D eigenvalue weighted by Crippen LogP contribution is -2.32. The number of fused-ring (bicyclic) bond motifs is 1.